The summed E-state index contributed by atoms with van der Waals surface area (Å²) in [7, 11) is 1.66. The van der Waals surface area contributed by atoms with Crippen LogP contribution in [0.1, 0.15) is 18.4 Å². The third-order valence-corrected chi connectivity index (χ3v) is 3.86. The van der Waals surface area contributed by atoms with E-state index < -0.39 is 6.67 Å². The summed E-state index contributed by atoms with van der Waals surface area (Å²) in [4.78, 5) is 13.7. The Morgan fingerprint density at radius 2 is 2.19 bits per heavy atom. The van der Waals surface area contributed by atoms with Crippen LogP contribution in [-0.2, 0) is 11.2 Å². The van der Waals surface area contributed by atoms with E-state index in [1.807, 2.05) is 17.0 Å². The van der Waals surface area contributed by atoms with Gasteiger partial charge in [-0.25, -0.2) is 4.39 Å². The zero-order valence-electron chi connectivity index (χ0n) is 12.4. The van der Waals surface area contributed by atoms with Crippen LogP contribution in [0.5, 0.6) is 5.75 Å². The monoisotopic (exact) mass is 291 g/mol. The number of carbonyl (C=O) groups excluding carboxylic acids is 1. The van der Waals surface area contributed by atoms with Gasteiger partial charge in [-0.15, -0.1) is 0 Å². The van der Waals surface area contributed by atoms with Gasteiger partial charge in [-0.05, 0) is 49.0 Å². The van der Waals surface area contributed by atoms with Gasteiger partial charge in [0.15, 0.2) is 0 Å². The lowest BCUT2D eigenvalue weighted by Gasteiger charge is -2.32. The number of halogens is 1. The number of benzene rings is 1. The van der Waals surface area contributed by atoms with Crippen LogP contribution in [0.4, 0.5) is 4.39 Å². The van der Waals surface area contributed by atoms with Crippen LogP contribution in [-0.4, -0.2) is 37.7 Å². The molecule has 0 saturated carbocycles. The molecule has 0 aliphatic carbocycles. The maximum absolute atomic E-state index is 12.1. The van der Waals surface area contributed by atoms with Crippen molar-refractivity contribution < 1.29 is 13.9 Å². The number of nitrogens with zero attached hydrogens (tertiary/aromatic N) is 1. The van der Waals surface area contributed by atoms with Gasteiger partial charge in [0, 0.05) is 19.2 Å². The van der Waals surface area contributed by atoms with Crippen LogP contribution >= 0.6 is 0 Å². The Hall–Kier alpha value is -1.84. The highest BCUT2D eigenvalue weighted by Gasteiger charge is 2.22. The van der Waals surface area contributed by atoms with E-state index in [4.69, 9.17) is 4.74 Å². The van der Waals surface area contributed by atoms with Gasteiger partial charge in [0.05, 0.1) is 7.11 Å². The first-order valence-electron chi connectivity index (χ1n) is 7.37. The van der Waals surface area contributed by atoms with Gasteiger partial charge in [-0.1, -0.05) is 12.1 Å². The van der Waals surface area contributed by atoms with Crippen molar-refractivity contribution >= 4 is 5.91 Å². The second kappa shape index (κ2) is 7.81. The molecule has 1 aromatic carbocycles. The average Bonchev–Trinajstić information content (AvgIpc) is 2.53. The number of alkyl halides is 1. The van der Waals surface area contributed by atoms with Crippen LogP contribution in [0, 0.1) is 5.92 Å². The maximum atomic E-state index is 12.1. The van der Waals surface area contributed by atoms with Crippen molar-refractivity contribution in [2.24, 2.45) is 5.92 Å². The lowest BCUT2D eigenvalue weighted by Crippen LogP contribution is -2.39. The highest BCUT2D eigenvalue weighted by atomic mass is 19.1. The number of piperidine rings is 1. The Kier molecular flexibility index (Phi) is 5.78. The molecule has 1 amide bonds. The minimum atomic E-state index is -0.588. The highest BCUT2D eigenvalue weighted by molar-refractivity contribution is 5.87. The molecule has 0 spiro atoms. The predicted molar refractivity (Wildman–Crippen MR) is 81.1 cm³/mol. The quantitative estimate of drug-likeness (QED) is 0.781. The van der Waals surface area contributed by atoms with E-state index in [-0.39, 0.29) is 5.91 Å². The molecule has 3 nitrogen and oxygen atoms in total. The van der Waals surface area contributed by atoms with Crippen molar-refractivity contribution in [3.05, 3.63) is 42.0 Å². The van der Waals surface area contributed by atoms with Gasteiger partial charge in [0.25, 0.3) is 0 Å². The summed E-state index contributed by atoms with van der Waals surface area (Å²) in [6.45, 7) is 0.935. The standard InChI is InChI=1S/C17H22FNO2/c1-21-16-8-6-14(7-9-16)12-15-4-3-11-19(13-15)17(20)5-2-10-18/h2,5-9,15H,3-4,10-13H2,1H3/b5-2+. The van der Waals surface area contributed by atoms with Gasteiger partial charge in [0.1, 0.15) is 12.4 Å². The molecule has 114 valence electrons. The van der Waals surface area contributed by atoms with E-state index in [9.17, 15) is 9.18 Å². The number of hydrogen-bond donors (Lipinski definition) is 0. The highest BCUT2D eigenvalue weighted by Crippen LogP contribution is 2.22. The molecule has 1 heterocycles. The molecule has 1 fully saturated rings. The summed E-state index contributed by atoms with van der Waals surface area (Å²) >= 11 is 0. The van der Waals surface area contributed by atoms with Crippen LogP contribution in [0.15, 0.2) is 36.4 Å². The second-order valence-electron chi connectivity index (χ2n) is 5.40. The van der Waals surface area contributed by atoms with Crippen molar-refractivity contribution in [1.29, 1.82) is 0 Å². The second-order valence-corrected chi connectivity index (χ2v) is 5.40. The minimum absolute atomic E-state index is 0.0768. The fraction of sp³-hybridized carbons (Fsp3) is 0.471. The first-order valence-corrected chi connectivity index (χ1v) is 7.37. The van der Waals surface area contributed by atoms with Crippen molar-refractivity contribution in [1.82, 2.24) is 4.90 Å². The van der Waals surface area contributed by atoms with Gasteiger partial charge in [0.2, 0.25) is 5.91 Å². The predicted octanol–water partition coefficient (Wildman–Crippen LogP) is 3.00. The lowest BCUT2D eigenvalue weighted by atomic mass is 9.91. The van der Waals surface area contributed by atoms with E-state index in [0.717, 1.165) is 38.1 Å². The number of methoxy groups -OCH3 is 1. The molecule has 1 unspecified atom stereocenters. The van der Waals surface area contributed by atoms with Crippen LogP contribution in [0.3, 0.4) is 0 Å². The van der Waals surface area contributed by atoms with E-state index in [1.165, 1.54) is 17.7 Å². The van der Waals surface area contributed by atoms with Crippen molar-refractivity contribution in [2.75, 3.05) is 26.9 Å². The van der Waals surface area contributed by atoms with Gasteiger partial charge in [-0.2, -0.15) is 0 Å². The lowest BCUT2D eigenvalue weighted by molar-refractivity contribution is -0.127. The summed E-state index contributed by atoms with van der Waals surface area (Å²) in [5, 5.41) is 0. The van der Waals surface area contributed by atoms with Crippen LogP contribution in [0.2, 0.25) is 0 Å². The van der Waals surface area contributed by atoms with Crippen molar-refractivity contribution in [3.8, 4) is 5.75 Å². The summed E-state index contributed by atoms with van der Waals surface area (Å²) < 4.78 is 17.2. The van der Waals surface area contributed by atoms with E-state index in [1.54, 1.807) is 7.11 Å². The fourth-order valence-corrected chi connectivity index (χ4v) is 2.78. The van der Waals surface area contributed by atoms with Crippen molar-refractivity contribution in [2.45, 2.75) is 19.3 Å². The number of ether oxygens (including phenoxy) is 1. The number of likely N-dealkylation sites (tertiary alicyclic amines) is 1. The Morgan fingerprint density at radius 1 is 1.43 bits per heavy atom. The summed E-state index contributed by atoms with van der Waals surface area (Å²) in [5.74, 6) is 1.25. The number of amides is 1. The molecular weight excluding hydrogens is 269 g/mol. The Labute approximate surface area is 125 Å². The summed E-state index contributed by atoms with van der Waals surface area (Å²) in [5.41, 5.74) is 1.26. The fourth-order valence-electron chi connectivity index (χ4n) is 2.78. The molecule has 0 aromatic heterocycles. The largest absolute Gasteiger partial charge is 0.497 e. The maximum Gasteiger partial charge on any atom is 0.246 e. The molecule has 4 heteroatoms. The number of rotatable bonds is 5. The Bertz CT molecular complexity index is 484. The SMILES string of the molecule is COc1ccc(CC2CCCN(C(=O)/C=C/CF)C2)cc1. The molecule has 1 aromatic rings. The smallest absolute Gasteiger partial charge is 0.246 e. The number of hydrogen-bond acceptors (Lipinski definition) is 2. The molecule has 21 heavy (non-hydrogen) atoms. The molecular formula is C17H22FNO2. The molecule has 1 aliphatic rings. The third kappa shape index (κ3) is 4.59. The first-order chi connectivity index (χ1) is 10.2. The molecule has 0 bridgehead atoms. The minimum Gasteiger partial charge on any atom is -0.497 e. The zero-order chi connectivity index (χ0) is 15.1. The van der Waals surface area contributed by atoms with E-state index in [0.29, 0.717) is 5.92 Å². The third-order valence-electron chi connectivity index (χ3n) is 3.86. The zero-order valence-corrected chi connectivity index (χ0v) is 12.4. The van der Waals surface area contributed by atoms with Crippen molar-refractivity contribution in [3.63, 3.8) is 0 Å². The average molecular weight is 291 g/mol. The Balaban J connectivity index is 1.91. The first kappa shape index (κ1) is 15.5. The van der Waals surface area contributed by atoms with Gasteiger partial charge < -0.3 is 9.64 Å². The molecule has 1 aliphatic heterocycles. The number of carbonyl (C=O) groups is 1. The number of allylic oxidation sites excluding steroid dienone is 1. The van der Waals surface area contributed by atoms with E-state index >= 15 is 0 Å². The molecule has 1 atom stereocenters. The van der Waals surface area contributed by atoms with E-state index in [2.05, 4.69) is 12.1 Å². The topological polar surface area (TPSA) is 29.5 Å². The molecule has 1 saturated heterocycles. The van der Waals surface area contributed by atoms with Gasteiger partial charge in [-0.3, -0.25) is 4.79 Å². The van der Waals surface area contributed by atoms with Gasteiger partial charge >= 0.3 is 0 Å². The molecule has 0 radical (unpaired) electrons. The summed E-state index contributed by atoms with van der Waals surface area (Å²) in [6, 6.07) is 8.07. The molecule has 0 N–H and O–H groups in total. The summed E-state index contributed by atoms with van der Waals surface area (Å²) in [6.07, 6.45) is 5.71. The van der Waals surface area contributed by atoms with Crippen LogP contribution < -0.4 is 4.74 Å². The molecule has 2 rings (SSSR count). The normalized spacial score (nSPS) is 19.0. The Morgan fingerprint density at radius 3 is 2.86 bits per heavy atom. The van der Waals surface area contributed by atoms with Crippen LogP contribution in [0.25, 0.3) is 0 Å².